The first-order valence-corrected chi connectivity index (χ1v) is 11.7. The van der Waals surface area contributed by atoms with Crippen molar-refractivity contribution in [2.75, 3.05) is 7.11 Å². The fourth-order valence-corrected chi connectivity index (χ4v) is 4.71. The lowest BCUT2D eigenvalue weighted by molar-refractivity contribution is -0.150. The number of hydrogen-bond acceptors (Lipinski definition) is 6. The Morgan fingerprint density at radius 2 is 1.91 bits per heavy atom. The molecule has 2 aromatic rings. The van der Waals surface area contributed by atoms with Crippen LogP contribution in [0.3, 0.4) is 0 Å². The van der Waals surface area contributed by atoms with Gasteiger partial charge in [-0.25, -0.2) is 14.6 Å². The van der Waals surface area contributed by atoms with Gasteiger partial charge >= 0.3 is 11.7 Å². The molecule has 0 unspecified atom stereocenters. The van der Waals surface area contributed by atoms with Crippen LogP contribution in [-0.4, -0.2) is 39.1 Å². The van der Waals surface area contributed by atoms with Crippen LogP contribution < -0.4 is 16.6 Å². The molecule has 9 heteroatoms. The molecule has 0 radical (unpaired) electrons. The van der Waals surface area contributed by atoms with E-state index in [1.54, 1.807) is 6.07 Å². The Kier molecular flexibility index (Phi) is 6.16. The van der Waals surface area contributed by atoms with Crippen LogP contribution in [0.1, 0.15) is 81.3 Å². The van der Waals surface area contributed by atoms with Gasteiger partial charge in [-0.2, -0.15) is 0 Å². The Hall–Kier alpha value is -2.97. The van der Waals surface area contributed by atoms with Gasteiger partial charge in [-0.15, -0.1) is 0 Å². The Balaban J connectivity index is 1.85. The third-order valence-electron chi connectivity index (χ3n) is 6.81. The van der Waals surface area contributed by atoms with Gasteiger partial charge in [-0.1, -0.05) is 20.8 Å². The molecule has 2 aliphatic rings. The van der Waals surface area contributed by atoms with Crippen molar-refractivity contribution < 1.29 is 14.3 Å². The fraction of sp³-hybridized carbons (Fsp3) is 0.625. The number of hydrogen-bond donors (Lipinski definition) is 2. The van der Waals surface area contributed by atoms with E-state index in [4.69, 9.17) is 4.74 Å². The van der Waals surface area contributed by atoms with Crippen LogP contribution in [0.15, 0.2) is 15.7 Å². The number of H-pyrrole nitrogens is 1. The molecular weight excluding hydrogens is 424 g/mol. The number of carbonyl (C=O) groups is 2. The predicted molar refractivity (Wildman–Crippen MR) is 123 cm³/mol. The van der Waals surface area contributed by atoms with E-state index in [-0.39, 0.29) is 28.4 Å². The summed E-state index contributed by atoms with van der Waals surface area (Å²) in [6.07, 6.45) is 4.41. The molecule has 0 atom stereocenters. The van der Waals surface area contributed by atoms with E-state index >= 15 is 0 Å². The molecule has 0 aromatic carbocycles. The molecule has 2 aliphatic carbocycles. The molecule has 2 fully saturated rings. The number of esters is 1. The topological polar surface area (TPSA) is 123 Å². The fourth-order valence-electron chi connectivity index (χ4n) is 4.71. The van der Waals surface area contributed by atoms with Gasteiger partial charge in [0.1, 0.15) is 5.54 Å². The van der Waals surface area contributed by atoms with Crippen LogP contribution in [0.25, 0.3) is 11.0 Å². The van der Waals surface area contributed by atoms with Crippen molar-refractivity contribution in [1.29, 1.82) is 0 Å². The third kappa shape index (κ3) is 4.45. The van der Waals surface area contributed by atoms with Gasteiger partial charge in [-0.3, -0.25) is 19.1 Å². The van der Waals surface area contributed by atoms with Gasteiger partial charge in [0.25, 0.3) is 11.5 Å². The Morgan fingerprint density at radius 1 is 1.24 bits per heavy atom. The first kappa shape index (κ1) is 23.2. The highest BCUT2D eigenvalue weighted by Crippen LogP contribution is 2.40. The van der Waals surface area contributed by atoms with E-state index in [1.165, 1.54) is 11.7 Å². The summed E-state index contributed by atoms with van der Waals surface area (Å²) < 4.78 is 6.48. The zero-order valence-corrected chi connectivity index (χ0v) is 19.7. The van der Waals surface area contributed by atoms with Crippen LogP contribution in [-0.2, 0) is 16.1 Å². The molecule has 2 saturated carbocycles. The Morgan fingerprint density at radius 3 is 2.48 bits per heavy atom. The van der Waals surface area contributed by atoms with Crippen molar-refractivity contribution in [3.8, 4) is 0 Å². The normalized spacial score (nSPS) is 23.0. The Bertz CT molecular complexity index is 1200. The molecular formula is C24H32N4O5. The number of methoxy groups -OCH3 is 1. The molecule has 2 N–H and O–H groups in total. The molecule has 0 saturated heterocycles. The average molecular weight is 457 g/mol. The number of rotatable bonds is 6. The first-order valence-electron chi connectivity index (χ1n) is 11.7. The summed E-state index contributed by atoms with van der Waals surface area (Å²) in [7, 11) is 1.32. The standard InChI is InChI=1S/C24H32N4O5/c1-13(2)12-28-19-18(21(30)26-23(28)32)16(11-17(25-19)15-5-6-15)20(29)27-24(22(31)33-4)9-7-14(3)8-10-24/h11,13-15H,5-10,12H2,1-4H3,(H,27,29)(H,26,30,32). The highest BCUT2D eigenvalue weighted by Gasteiger charge is 2.44. The molecule has 178 valence electrons. The lowest BCUT2D eigenvalue weighted by Crippen LogP contribution is -2.57. The second kappa shape index (κ2) is 8.76. The quantitative estimate of drug-likeness (QED) is 0.644. The van der Waals surface area contributed by atoms with Gasteiger partial charge in [0.2, 0.25) is 0 Å². The summed E-state index contributed by atoms with van der Waals surface area (Å²) >= 11 is 0. The minimum Gasteiger partial charge on any atom is -0.467 e. The van der Waals surface area contributed by atoms with Gasteiger partial charge in [0.15, 0.2) is 5.65 Å². The summed E-state index contributed by atoms with van der Waals surface area (Å²) in [5, 5.41) is 2.99. The second-order valence-electron chi connectivity index (χ2n) is 10.0. The van der Waals surface area contributed by atoms with E-state index in [0.717, 1.165) is 25.7 Å². The van der Waals surface area contributed by atoms with E-state index in [2.05, 4.69) is 22.2 Å². The Labute approximate surface area is 191 Å². The van der Waals surface area contributed by atoms with Gasteiger partial charge in [0.05, 0.1) is 18.1 Å². The maximum Gasteiger partial charge on any atom is 0.331 e. The number of carbonyl (C=O) groups excluding carboxylic acids is 2. The van der Waals surface area contributed by atoms with Crippen molar-refractivity contribution in [3.63, 3.8) is 0 Å². The van der Waals surface area contributed by atoms with Crippen LogP contribution in [0.2, 0.25) is 0 Å². The van der Waals surface area contributed by atoms with E-state index in [0.29, 0.717) is 31.0 Å². The zero-order valence-electron chi connectivity index (χ0n) is 19.7. The van der Waals surface area contributed by atoms with Crippen LogP contribution in [0, 0.1) is 11.8 Å². The van der Waals surface area contributed by atoms with Crippen molar-refractivity contribution in [2.45, 2.75) is 77.3 Å². The van der Waals surface area contributed by atoms with Crippen molar-refractivity contribution in [3.05, 3.63) is 38.2 Å². The molecule has 0 bridgehead atoms. The van der Waals surface area contributed by atoms with E-state index in [9.17, 15) is 19.2 Å². The summed E-state index contributed by atoms with van der Waals surface area (Å²) in [4.78, 5) is 58.8. The largest absolute Gasteiger partial charge is 0.467 e. The lowest BCUT2D eigenvalue weighted by atomic mass is 9.77. The molecule has 4 rings (SSSR count). The molecule has 1 amide bonds. The highest BCUT2D eigenvalue weighted by molar-refractivity contribution is 6.07. The van der Waals surface area contributed by atoms with Crippen LogP contribution in [0.4, 0.5) is 0 Å². The number of fused-ring (bicyclic) bond motifs is 1. The van der Waals surface area contributed by atoms with Gasteiger partial charge in [-0.05, 0) is 56.4 Å². The minimum absolute atomic E-state index is 0.0707. The van der Waals surface area contributed by atoms with Crippen molar-refractivity contribution in [2.24, 2.45) is 11.8 Å². The summed E-state index contributed by atoms with van der Waals surface area (Å²) in [6.45, 7) is 6.41. The van der Waals surface area contributed by atoms with Crippen molar-refractivity contribution in [1.82, 2.24) is 19.9 Å². The number of nitrogens with zero attached hydrogens (tertiary/aromatic N) is 2. The molecule has 2 heterocycles. The van der Waals surface area contributed by atoms with E-state index < -0.39 is 28.7 Å². The smallest absolute Gasteiger partial charge is 0.331 e. The maximum atomic E-state index is 13.6. The number of pyridine rings is 1. The van der Waals surface area contributed by atoms with Crippen LogP contribution in [0.5, 0.6) is 0 Å². The minimum atomic E-state index is -1.13. The number of amides is 1. The van der Waals surface area contributed by atoms with E-state index in [1.807, 2.05) is 13.8 Å². The van der Waals surface area contributed by atoms with Crippen molar-refractivity contribution >= 4 is 22.9 Å². The molecule has 33 heavy (non-hydrogen) atoms. The third-order valence-corrected chi connectivity index (χ3v) is 6.81. The number of nitrogens with one attached hydrogen (secondary N) is 2. The zero-order chi connectivity index (χ0) is 23.9. The molecule has 9 nitrogen and oxygen atoms in total. The summed E-state index contributed by atoms with van der Waals surface area (Å²) in [5.41, 5.74) is -1.27. The number of ether oxygens (including phenoxy) is 1. The number of aromatic nitrogens is 3. The molecule has 2 aromatic heterocycles. The summed E-state index contributed by atoms with van der Waals surface area (Å²) in [5.74, 6) is -0.213. The first-order chi connectivity index (χ1) is 15.6. The predicted octanol–water partition coefficient (Wildman–Crippen LogP) is 2.47. The van der Waals surface area contributed by atoms with Gasteiger partial charge < -0.3 is 10.1 Å². The highest BCUT2D eigenvalue weighted by atomic mass is 16.5. The molecule has 0 spiro atoms. The maximum absolute atomic E-state index is 13.6. The number of aromatic amines is 1. The second-order valence-corrected chi connectivity index (χ2v) is 10.0. The van der Waals surface area contributed by atoms with Crippen LogP contribution >= 0.6 is 0 Å². The SMILES string of the molecule is COC(=O)C1(NC(=O)c2cc(C3CC3)nc3c2c(=O)[nH]c(=O)n3CC(C)C)CCC(C)CC1. The average Bonchev–Trinajstić information content (AvgIpc) is 3.62. The monoisotopic (exact) mass is 456 g/mol. The summed E-state index contributed by atoms with van der Waals surface area (Å²) in [6, 6.07) is 1.64. The van der Waals surface area contributed by atoms with Gasteiger partial charge in [0, 0.05) is 18.2 Å². The molecule has 0 aliphatic heterocycles. The lowest BCUT2D eigenvalue weighted by Gasteiger charge is -2.37.